The second-order valence-corrected chi connectivity index (χ2v) is 2.96. The van der Waals surface area contributed by atoms with E-state index in [1.165, 1.54) is 5.56 Å². The van der Waals surface area contributed by atoms with Crippen LogP contribution in [0.5, 0.6) is 5.75 Å². The van der Waals surface area contributed by atoms with Gasteiger partial charge in [0.15, 0.2) is 0 Å². The van der Waals surface area contributed by atoms with E-state index in [9.17, 15) is 0 Å². The Hall–Kier alpha value is -1.31. The largest absolute Gasteiger partial charge is 0.494 e. The molecule has 2 nitrogen and oxygen atoms in total. The van der Waals surface area contributed by atoms with Gasteiger partial charge in [0, 0.05) is 13.0 Å². The highest BCUT2D eigenvalue weighted by Crippen LogP contribution is 2.11. The monoisotopic (exact) mass is 177 g/mol. The van der Waals surface area contributed by atoms with E-state index in [0.29, 0.717) is 6.61 Å². The predicted octanol–water partition coefficient (Wildman–Crippen LogP) is 2.46. The minimum absolute atomic E-state index is 0.710. The van der Waals surface area contributed by atoms with Crippen LogP contribution in [0.1, 0.15) is 12.0 Å². The van der Waals surface area contributed by atoms with Crippen LogP contribution in [0.15, 0.2) is 29.3 Å². The number of benzene rings is 1. The lowest BCUT2D eigenvalue weighted by atomic mass is 10.2. The van der Waals surface area contributed by atoms with Gasteiger partial charge in [-0.3, -0.25) is 0 Å². The summed E-state index contributed by atoms with van der Waals surface area (Å²) in [5, 5.41) is 0. The molecule has 0 saturated heterocycles. The zero-order valence-corrected chi connectivity index (χ0v) is 7.99. The van der Waals surface area contributed by atoms with Gasteiger partial charge in [0.05, 0.1) is 6.61 Å². The highest BCUT2D eigenvalue weighted by Gasteiger charge is 1.91. The molecule has 0 bridgehead atoms. The molecule has 1 aromatic carbocycles. The SMILES string of the molecule is C=NCCCOc1ccc(C)cc1. The maximum atomic E-state index is 5.48. The van der Waals surface area contributed by atoms with Crippen molar-refractivity contribution in [3.8, 4) is 5.75 Å². The van der Waals surface area contributed by atoms with E-state index in [-0.39, 0.29) is 0 Å². The standard InChI is InChI=1S/C11H15NO/c1-10-4-6-11(7-5-10)13-9-3-8-12-2/h4-7H,2-3,8-9H2,1H3. The summed E-state index contributed by atoms with van der Waals surface area (Å²) in [5.41, 5.74) is 1.25. The first-order valence-corrected chi connectivity index (χ1v) is 4.45. The summed E-state index contributed by atoms with van der Waals surface area (Å²) in [4.78, 5) is 3.75. The molecule has 0 radical (unpaired) electrons. The Morgan fingerprint density at radius 3 is 2.62 bits per heavy atom. The lowest BCUT2D eigenvalue weighted by molar-refractivity contribution is 0.313. The van der Waals surface area contributed by atoms with Crippen LogP contribution in [0.4, 0.5) is 0 Å². The van der Waals surface area contributed by atoms with E-state index in [0.717, 1.165) is 18.7 Å². The predicted molar refractivity (Wildman–Crippen MR) is 55.7 cm³/mol. The maximum absolute atomic E-state index is 5.48. The molecule has 0 amide bonds. The molecule has 0 aliphatic rings. The van der Waals surface area contributed by atoms with Crippen LogP contribution in [-0.4, -0.2) is 19.9 Å². The third-order valence-electron chi connectivity index (χ3n) is 1.75. The third-order valence-corrected chi connectivity index (χ3v) is 1.75. The lowest BCUT2D eigenvalue weighted by Crippen LogP contribution is -1.98. The van der Waals surface area contributed by atoms with Gasteiger partial charge < -0.3 is 9.73 Å². The Bertz CT molecular complexity index is 253. The Balaban J connectivity index is 2.28. The van der Waals surface area contributed by atoms with Crippen molar-refractivity contribution < 1.29 is 4.74 Å². The Morgan fingerprint density at radius 2 is 2.00 bits per heavy atom. The lowest BCUT2D eigenvalue weighted by Gasteiger charge is -2.04. The van der Waals surface area contributed by atoms with Crippen molar-refractivity contribution in [3.63, 3.8) is 0 Å². The van der Waals surface area contributed by atoms with Crippen molar-refractivity contribution in [2.75, 3.05) is 13.2 Å². The van der Waals surface area contributed by atoms with Gasteiger partial charge in [-0.05, 0) is 25.8 Å². The number of ether oxygens (including phenoxy) is 1. The van der Waals surface area contributed by atoms with E-state index in [1.54, 1.807) is 0 Å². The minimum atomic E-state index is 0.710. The molecular weight excluding hydrogens is 162 g/mol. The molecule has 13 heavy (non-hydrogen) atoms. The van der Waals surface area contributed by atoms with Gasteiger partial charge >= 0.3 is 0 Å². The number of aliphatic imine (C=N–C) groups is 1. The molecular formula is C11H15NO. The molecule has 0 fully saturated rings. The van der Waals surface area contributed by atoms with Crippen LogP contribution in [0.2, 0.25) is 0 Å². The molecule has 0 N–H and O–H groups in total. The van der Waals surface area contributed by atoms with Crippen molar-refractivity contribution in [2.45, 2.75) is 13.3 Å². The molecule has 0 aromatic heterocycles. The van der Waals surface area contributed by atoms with Crippen LogP contribution in [0.25, 0.3) is 0 Å². The summed E-state index contributed by atoms with van der Waals surface area (Å²) < 4.78 is 5.48. The van der Waals surface area contributed by atoms with Crippen LogP contribution < -0.4 is 4.74 Å². The fourth-order valence-electron chi connectivity index (χ4n) is 1.00. The topological polar surface area (TPSA) is 21.6 Å². The second kappa shape index (κ2) is 5.36. The third kappa shape index (κ3) is 3.74. The van der Waals surface area contributed by atoms with Gasteiger partial charge in [-0.2, -0.15) is 0 Å². The molecule has 0 aliphatic heterocycles. The first kappa shape index (κ1) is 9.78. The van der Waals surface area contributed by atoms with Gasteiger partial charge in [0.2, 0.25) is 0 Å². The molecule has 0 unspecified atom stereocenters. The average Bonchev–Trinajstić information content (AvgIpc) is 2.15. The molecule has 0 spiro atoms. The molecule has 70 valence electrons. The molecule has 1 rings (SSSR count). The van der Waals surface area contributed by atoms with Crippen LogP contribution in [0, 0.1) is 6.92 Å². The van der Waals surface area contributed by atoms with Crippen molar-refractivity contribution in [1.29, 1.82) is 0 Å². The van der Waals surface area contributed by atoms with E-state index < -0.39 is 0 Å². The molecule has 0 aliphatic carbocycles. The van der Waals surface area contributed by atoms with E-state index >= 15 is 0 Å². The Labute approximate surface area is 79.3 Å². The van der Waals surface area contributed by atoms with Gasteiger partial charge in [0.25, 0.3) is 0 Å². The summed E-state index contributed by atoms with van der Waals surface area (Å²) in [6.07, 6.45) is 0.928. The van der Waals surface area contributed by atoms with Gasteiger partial charge in [-0.15, -0.1) is 0 Å². The number of rotatable bonds is 5. The number of hydrogen-bond acceptors (Lipinski definition) is 2. The zero-order chi connectivity index (χ0) is 9.52. The molecule has 0 heterocycles. The normalized spacial score (nSPS) is 9.62. The van der Waals surface area contributed by atoms with Crippen LogP contribution >= 0.6 is 0 Å². The summed E-state index contributed by atoms with van der Waals surface area (Å²) in [5.74, 6) is 0.926. The highest BCUT2D eigenvalue weighted by molar-refractivity contribution is 5.26. The number of nitrogens with zero attached hydrogens (tertiary/aromatic N) is 1. The minimum Gasteiger partial charge on any atom is -0.494 e. The fourth-order valence-corrected chi connectivity index (χ4v) is 1.00. The molecule has 0 saturated carbocycles. The number of aryl methyl sites for hydroxylation is 1. The average molecular weight is 177 g/mol. The Morgan fingerprint density at radius 1 is 1.31 bits per heavy atom. The summed E-state index contributed by atoms with van der Waals surface area (Å²) in [7, 11) is 0. The van der Waals surface area contributed by atoms with Crippen molar-refractivity contribution in [1.82, 2.24) is 0 Å². The molecule has 0 atom stereocenters. The van der Waals surface area contributed by atoms with Crippen LogP contribution in [-0.2, 0) is 0 Å². The van der Waals surface area contributed by atoms with Crippen molar-refractivity contribution >= 4 is 6.72 Å². The van der Waals surface area contributed by atoms with Gasteiger partial charge in [-0.25, -0.2) is 0 Å². The maximum Gasteiger partial charge on any atom is 0.119 e. The van der Waals surface area contributed by atoms with Gasteiger partial charge in [0.1, 0.15) is 5.75 Å². The van der Waals surface area contributed by atoms with Crippen LogP contribution in [0.3, 0.4) is 0 Å². The van der Waals surface area contributed by atoms with Crippen molar-refractivity contribution in [2.24, 2.45) is 4.99 Å². The second-order valence-electron chi connectivity index (χ2n) is 2.96. The fraction of sp³-hybridized carbons (Fsp3) is 0.364. The van der Waals surface area contributed by atoms with E-state index in [2.05, 4.69) is 18.6 Å². The van der Waals surface area contributed by atoms with E-state index in [1.807, 2.05) is 24.3 Å². The summed E-state index contributed by atoms with van der Waals surface area (Å²) in [6.45, 7) is 6.95. The smallest absolute Gasteiger partial charge is 0.119 e. The Kier molecular flexibility index (Phi) is 4.03. The first-order valence-electron chi connectivity index (χ1n) is 4.45. The quantitative estimate of drug-likeness (QED) is 0.500. The number of hydrogen-bond donors (Lipinski definition) is 0. The summed E-state index contributed by atoms with van der Waals surface area (Å²) in [6, 6.07) is 8.05. The summed E-state index contributed by atoms with van der Waals surface area (Å²) >= 11 is 0. The van der Waals surface area contributed by atoms with E-state index in [4.69, 9.17) is 4.74 Å². The zero-order valence-electron chi connectivity index (χ0n) is 7.99. The highest BCUT2D eigenvalue weighted by atomic mass is 16.5. The van der Waals surface area contributed by atoms with Gasteiger partial charge in [-0.1, -0.05) is 17.7 Å². The molecule has 2 heteroatoms. The van der Waals surface area contributed by atoms with Crippen molar-refractivity contribution in [3.05, 3.63) is 29.8 Å². The molecule has 1 aromatic rings. The first-order chi connectivity index (χ1) is 6.33.